The highest BCUT2D eigenvalue weighted by Crippen LogP contribution is 2.38. The maximum Gasteiger partial charge on any atom is 0.410 e. The van der Waals surface area contributed by atoms with E-state index in [9.17, 15) is 4.79 Å². The Bertz CT molecular complexity index is 1570. The predicted octanol–water partition coefficient (Wildman–Crippen LogP) is 5.71. The number of aliphatic imine (C=N–C) groups is 1. The number of amides is 1. The van der Waals surface area contributed by atoms with Gasteiger partial charge in [-0.3, -0.25) is 4.99 Å². The van der Waals surface area contributed by atoms with Gasteiger partial charge in [0.25, 0.3) is 0 Å². The van der Waals surface area contributed by atoms with Crippen LogP contribution in [0.5, 0.6) is 5.75 Å². The number of halogens is 1. The summed E-state index contributed by atoms with van der Waals surface area (Å²) in [5.74, 6) is 2.81. The smallest absolute Gasteiger partial charge is 0.410 e. The summed E-state index contributed by atoms with van der Waals surface area (Å²) in [6, 6.07) is 13.8. The fourth-order valence-electron chi connectivity index (χ4n) is 5.32. The number of rotatable bonds is 5. The van der Waals surface area contributed by atoms with E-state index in [1.165, 1.54) is 0 Å². The van der Waals surface area contributed by atoms with Crippen molar-refractivity contribution in [3.63, 3.8) is 0 Å². The van der Waals surface area contributed by atoms with Crippen LogP contribution in [0.15, 0.2) is 53.7 Å². The highest BCUT2D eigenvalue weighted by molar-refractivity contribution is 6.40. The highest BCUT2D eigenvalue weighted by Gasteiger charge is 2.31. The number of hydrogen-bond donors (Lipinski definition) is 1. The molecule has 3 aliphatic rings. The van der Waals surface area contributed by atoms with Crippen molar-refractivity contribution in [3.8, 4) is 5.75 Å². The Kier molecular flexibility index (Phi) is 7.40. The minimum absolute atomic E-state index is 0.271. The van der Waals surface area contributed by atoms with Crippen molar-refractivity contribution < 1.29 is 14.3 Å². The summed E-state index contributed by atoms with van der Waals surface area (Å²) < 4.78 is 11.3. The van der Waals surface area contributed by atoms with E-state index in [1.54, 1.807) is 12.0 Å². The molecular weight excluding hydrogens is 554 g/mol. The second kappa shape index (κ2) is 11.2. The van der Waals surface area contributed by atoms with Gasteiger partial charge in [-0.1, -0.05) is 29.8 Å². The molecule has 0 bridgehead atoms. The highest BCUT2D eigenvalue weighted by atomic mass is 35.5. The molecule has 1 fully saturated rings. The predicted molar refractivity (Wildman–Crippen MR) is 167 cm³/mol. The molecule has 218 valence electrons. The first-order valence-corrected chi connectivity index (χ1v) is 14.4. The number of benzene rings is 2. The molecule has 3 aromatic rings. The molecule has 2 aromatic carbocycles. The number of hydrogen-bond acceptors (Lipinski definition) is 9. The minimum Gasteiger partial charge on any atom is -0.494 e. The van der Waals surface area contributed by atoms with E-state index in [-0.39, 0.29) is 6.09 Å². The first-order chi connectivity index (χ1) is 20.2. The van der Waals surface area contributed by atoms with Gasteiger partial charge in [-0.2, -0.15) is 4.98 Å². The number of carbonyl (C=O) groups excluding carboxylic acids is 1. The molecule has 0 atom stereocenters. The Labute approximate surface area is 250 Å². The number of piperazine rings is 1. The van der Waals surface area contributed by atoms with Gasteiger partial charge >= 0.3 is 6.09 Å². The van der Waals surface area contributed by atoms with Gasteiger partial charge < -0.3 is 29.5 Å². The molecule has 0 unspecified atom stereocenters. The molecule has 1 aromatic heterocycles. The lowest BCUT2D eigenvalue weighted by Crippen LogP contribution is -2.50. The molecule has 0 saturated carbocycles. The summed E-state index contributed by atoms with van der Waals surface area (Å²) in [6.07, 6.45) is 3.60. The molecular formula is C31H34ClN7O3. The van der Waals surface area contributed by atoms with Gasteiger partial charge in [0.15, 0.2) is 0 Å². The second-order valence-corrected chi connectivity index (χ2v) is 11.7. The molecule has 4 heterocycles. The summed E-state index contributed by atoms with van der Waals surface area (Å²) in [7, 11) is 1.65. The Morgan fingerprint density at radius 2 is 1.83 bits per heavy atom. The maximum atomic E-state index is 12.4. The van der Waals surface area contributed by atoms with Gasteiger partial charge in [-0.25, -0.2) is 9.78 Å². The topological polar surface area (TPSA) is 95.4 Å². The van der Waals surface area contributed by atoms with Crippen molar-refractivity contribution in [1.82, 2.24) is 14.9 Å². The van der Waals surface area contributed by atoms with E-state index >= 15 is 0 Å². The van der Waals surface area contributed by atoms with Gasteiger partial charge in [0, 0.05) is 72.4 Å². The van der Waals surface area contributed by atoms with Crippen LogP contribution >= 0.6 is 11.6 Å². The van der Waals surface area contributed by atoms with Gasteiger partial charge in [0.2, 0.25) is 5.95 Å². The fourth-order valence-corrected chi connectivity index (χ4v) is 5.55. The Morgan fingerprint density at radius 3 is 2.57 bits per heavy atom. The Balaban J connectivity index is 1.19. The van der Waals surface area contributed by atoms with Crippen LogP contribution in [0.4, 0.5) is 27.9 Å². The summed E-state index contributed by atoms with van der Waals surface area (Å²) in [5, 5.41) is 4.02. The SMILES string of the molecule is COc1cc(N2CCN(C(=O)OC(C)(C)C)CC2)ccc1Nc1ncc2c(n1)N1CCN=C1C(c1ccccc1Cl)=C2. The van der Waals surface area contributed by atoms with E-state index in [4.69, 9.17) is 31.1 Å². The number of nitrogens with one attached hydrogen (secondary N) is 1. The molecule has 1 amide bonds. The third-order valence-electron chi connectivity index (χ3n) is 7.33. The minimum atomic E-state index is -0.507. The number of nitrogens with zero attached hydrogens (tertiary/aromatic N) is 6. The molecule has 42 heavy (non-hydrogen) atoms. The van der Waals surface area contributed by atoms with E-state index < -0.39 is 5.60 Å². The lowest BCUT2D eigenvalue weighted by atomic mass is 9.98. The lowest BCUT2D eigenvalue weighted by molar-refractivity contribution is 0.0240. The van der Waals surface area contributed by atoms with Crippen molar-refractivity contribution in [2.24, 2.45) is 4.99 Å². The van der Waals surface area contributed by atoms with Crippen molar-refractivity contribution in [2.45, 2.75) is 26.4 Å². The Hall–Kier alpha value is -4.31. The first kappa shape index (κ1) is 27.8. The van der Waals surface area contributed by atoms with Gasteiger partial charge in [-0.05, 0) is 45.0 Å². The van der Waals surface area contributed by atoms with Crippen molar-refractivity contribution >= 4 is 58.3 Å². The summed E-state index contributed by atoms with van der Waals surface area (Å²) in [5.41, 5.74) is 4.08. The van der Waals surface area contributed by atoms with E-state index in [0.29, 0.717) is 49.4 Å². The zero-order valence-electron chi connectivity index (χ0n) is 24.2. The first-order valence-electron chi connectivity index (χ1n) is 14.0. The zero-order valence-corrected chi connectivity index (χ0v) is 25.0. The summed E-state index contributed by atoms with van der Waals surface area (Å²) >= 11 is 6.53. The molecule has 1 saturated heterocycles. The summed E-state index contributed by atoms with van der Waals surface area (Å²) in [6.45, 7) is 9.65. The number of carbonyl (C=O) groups is 1. The molecule has 6 rings (SSSR count). The zero-order chi connectivity index (χ0) is 29.4. The van der Waals surface area contributed by atoms with Crippen molar-refractivity contribution in [2.75, 3.05) is 61.5 Å². The van der Waals surface area contributed by atoms with Crippen molar-refractivity contribution in [1.29, 1.82) is 0 Å². The monoisotopic (exact) mass is 587 g/mol. The van der Waals surface area contributed by atoms with Gasteiger partial charge in [0.05, 0.1) is 19.3 Å². The number of fused-ring (bicyclic) bond motifs is 3. The summed E-state index contributed by atoms with van der Waals surface area (Å²) in [4.78, 5) is 32.8. The molecule has 1 N–H and O–H groups in total. The number of methoxy groups -OCH3 is 1. The Morgan fingerprint density at radius 1 is 1.05 bits per heavy atom. The number of aromatic nitrogens is 2. The fraction of sp³-hybridized carbons (Fsp3) is 0.355. The molecule has 3 aliphatic heterocycles. The third kappa shape index (κ3) is 5.59. The van der Waals surface area contributed by atoms with Crippen LogP contribution in [0.25, 0.3) is 11.6 Å². The van der Waals surface area contributed by atoms with E-state index in [0.717, 1.165) is 46.3 Å². The molecule has 0 spiro atoms. The van der Waals surface area contributed by atoms with Gasteiger partial charge in [-0.15, -0.1) is 0 Å². The van der Waals surface area contributed by atoms with Crippen LogP contribution < -0.4 is 19.9 Å². The van der Waals surface area contributed by atoms with Crippen LogP contribution in [0, 0.1) is 0 Å². The number of ether oxygens (including phenoxy) is 2. The normalized spacial score (nSPS) is 16.4. The van der Waals surface area contributed by atoms with Crippen LogP contribution in [-0.2, 0) is 4.74 Å². The second-order valence-electron chi connectivity index (χ2n) is 11.3. The van der Waals surface area contributed by atoms with Crippen LogP contribution in [0.1, 0.15) is 31.9 Å². The molecule has 0 radical (unpaired) electrons. The largest absolute Gasteiger partial charge is 0.494 e. The quantitative estimate of drug-likeness (QED) is 0.405. The number of amidine groups is 1. The third-order valence-corrected chi connectivity index (χ3v) is 7.65. The van der Waals surface area contributed by atoms with Crippen LogP contribution in [0.3, 0.4) is 0 Å². The van der Waals surface area contributed by atoms with E-state index in [2.05, 4.69) is 26.2 Å². The molecule has 11 heteroatoms. The standard InChI is InChI=1S/C31H34ClN7O3/c1-31(2,3)42-30(40)38-15-13-37(14-16-38)21-9-10-25(26(18-21)41-4)35-29-34-19-20-17-23(22-7-5-6-8-24(22)32)28-33-11-12-39(28)27(20)36-29/h5-10,17-19H,11-16H2,1-4H3,(H,34,35,36). The average Bonchev–Trinajstić information content (AvgIpc) is 3.47. The van der Waals surface area contributed by atoms with E-state index in [1.807, 2.05) is 69.4 Å². The lowest BCUT2D eigenvalue weighted by Gasteiger charge is -2.37. The molecule has 10 nitrogen and oxygen atoms in total. The van der Waals surface area contributed by atoms with Gasteiger partial charge in [0.1, 0.15) is 23.0 Å². The maximum absolute atomic E-state index is 12.4. The molecule has 0 aliphatic carbocycles. The van der Waals surface area contributed by atoms with Crippen LogP contribution in [0.2, 0.25) is 5.02 Å². The van der Waals surface area contributed by atoms with Crippen LogP contribution in [-0.4, -0.2) is 78.8 Å². The number of anilines is 4. The van der Waals surface area contributed by atoms with Crippen molar-refractivity contribution in [3.05, 3.63) is 64.8 Å². The average molecular weight is 588 g/mol.